The second-order valence-corrected chi connectivity index (χ2v) is 8.93. The molecule has 1 atom stereocenters. The lowest BCUT2D eigenvalue weighted by atomic mass is 10.1. The van der Waals surface area contributed by atoms with Crippen molar-refractivity contribution in [1.82, 2.24) is 24.8 Å². The van der Waals surface area contributed by atoms with Crippen LogP contribution in [0.15, 0.2) is 18.6 Å². The van der Waals surface area contributed by atoms with Gasteiger partial charge in [0, 0.05) is 38.9 Å². The molecule has 0 N–H and O–H groups in total. The predicted octanol–water partition coefficient (Wildman–Crippen LogP) is 2.66. The van der Waals surface area contributed by atoms with Crippen LogP contribution in [0.25, 0.3) is 0 Å². The number of likely N-dealkylation sites (tertiary alicyclic amines) is 2. The maximum atomic E-state index is 13.5. The highest BCUT2D eigenvalue weighted by molar-refractivity contribution is 5.95. The summed E-state index contributed by atoms with van der Waals surface area (Å²) in [4.78, 5) is 41.7. The first-order valence-electron chi connectivity index (χ1n) is 11.7. The van der Waals surface area contributed by atoms with Gasteiger partial charge in [0.25, 0.3) is 0 Å². The number of methoxy groups -OCH3 is 1. The lowest BCUT2D eigenvalue weighted by Crippen LogP contribution is -2.43. The number of alkyl halides is 3. The van der Waals surface area contributed by atoms with E-state index in [2.05, 4.69) is 15.0 Å². The van der Waals surface area contributed by atoms with Crippen molar-refractivity contribution in [3.63, 3.8) is 0 Å². The molecule has 0 spiro atoms. The number of hydrogen-bond acceptors (Lipinski definition) is 8. The molecular weight excluding hydrogens is 481 g/mol. The zero-order valence-electron chi connectivity index (χ0n) is 19.6. The van der Waals surface area contributed by atoms with Gasteiger partial charge >= 0.3 is 12.2 Å². The van der Waals surface area contributed by atoms with Crippen molar-refractivity contribution in [2.24, 2.45) is 0 Å². The predicted molar refractivity (Wildman–Crippen MR) is 120 cm³/mol. The van der Waals surface area contributed by atoms with Gasteiger partial charge in [-0.3, -0.25) is 9.69 Å². The Morgan fingerprint density at radius 2 is 1.94 bits per heavy atom. The molecule has 0 saturated carbocycles. The molecule has 192 valence electrons. The Bertz CT molecular complexity index is 1180. The Kier molecular flexibility index (Phi) is 6.31. The number of halogens is 3. The molecule has 0 bridgehead atoms. The van der Waals surface area contributed by atoms with Gasteiger partial charge in [0.1, 0.15) is 18.0 Å². The molecule has 0 radical (unpaired) electrons. The van der Waals surface area contributed by atoms with Crippen molar-refractivity contribution >= 4 is 17.6 Å². The fourth-order valence-electron chi connectivity index (χ4n) is 4.79. The van der Waals surface area contributed by atoms with Gasteiger partial charge in [-0.2, -0.15) is 13.2 Å². The van der Waals surface area contributed by atoms with Crippen LogP contribution >= 0.6 is 0 Å². The number of carbonyl (C=O) groups excluding carboxylic acids is 2. The minimum Gasteiger partial charge on any atom is -0.481 e. The van der Waals surface area contributed by atoms with Gasteiger partial charge < -0.3 is 19.3 Å². The summed E-state index contributed by atoms with van der Waals surface area (Å²) in [5, 5.41) is 0. The average molecular weight is 506 g/mol. The van der Waals surface area contributed by atoms with E-state index < -0.39 is 17.6 Å². The number of ether oxygens (including phenoxy) is 2. The number of fused-ring (bicyclic) bond motifs is 1. The van der Waals surface area contributed by atoms with Crippen LogP contribution in [0.2, 0.25) is 0 Å². The Morgan fingerprint density at radius 1 is 1.11 bits per heavy atom. The van der Waals surface area contributed by atoms with Crippen molar-refractivity contribution in [3.05, 3.63) is 35.4 Å². The van der Waals surface area contributed by atoms with Crippen molar-refractivity contribution in [2.45, 2.75) is 44.5 Å². The number of imide groups is 1. The number of pyridine rings is 1. The molecular formula is C23H25F3N6O4. The molecule has 36 heavy (non-hydrogen) atoms. The summed E-state index contributed by atoms with van der Waals surface area (Å²) >= 11 is 0. The van der Waals surface area contributed by atoms with E-state index in [0.717, 1.165) is 18.9 Å². The standard InChI is InChI=1S/C23H25F3N6O4/c1-35-21-17(23(24,25)26)9-14(10-27-21)30-8-5-18-16(12-30)20(29-13-28-18)36-15-4-7-31(11-15)22(34)32-6-2-3-19(32)33/h9-10,13,15H,2-8,11-12H2,1H3. The molecule has 5 heterocycles. The third kappa shape index (κ3) is 4.61. The fraction of sp³-hybridized carbons (Fsp3) is 0.522. The van der Waals surface area contributed by atoms with Gasteiger partial charge in [0.15, 0.2) is 0 Å². The molecule has 0 aliphatic carbocycles. The van der Waals surface area contributed by atoms with Crippen LogP contribution in [0.3, 0.4) is 0 Å². The molecule has 2 saturated heterocycles. The van der Waals surface area contributed by atoms with Gasteiger partial charge in [-0.25, -0.2) is 19.7 Å². The fourth-order valence-corrected chi connectivity index (χ4v) is 4.79. The van der Waals surface area contributed by atoms with E-state index in [1.165, 1.54) is 17.4 Å². The van der Waals surface area contributed by atoms with E-state index in [9.17, 15) is 22.8 Å². The van der Waals surface area contributed by atoms with Crippen LogP contribution in [0.5, 0.6) is 11.8 Å². The summed E-state index contributed by atoms with van der Waals surface area (Å²) in [5.41, 5.74) is 0.813. The van der Waals surface area contributed by atoms with Crippen LogP contribution in [-0.2, 0) is 23.9 Å². The topological polar surface area (TPSA) is 101 Å². The van der Waals surface area contributed by atoms with Gasteiger partial charge in [0.05, 0.1) is 43.3 Å². The summed E-state index contributed by atoms with van der Waals surface area (Å²) < 4.78 is 51.4. The molecule has 0 aromatic carbocycles. The van der Waals surface area contributed by atoms with Crippen molar-refractivity contribution in [2.75, 3.05) is 38.2 Å². The molecule has 10 nitrogen and oxygen atoms in total. The highest BCUT2D eigenvalue weighted by Gasteiger charge is 2.37. The number of aromatic nitrogens is 3. The number of rotatable bonds is 4. The van der Waals surface area contributed by atoms with Crippen LogP contribution in [-0.4, -0.2) is 76.1 Å². The normalized spacial score (nSPS) is 20.1. The van der Waals surface area contributed by atoms with E-state index in [-0.39, 0.29) is 24.6 Å². The second-order valence-electron chi connectivity index (χ2n) is 8.93. The zero-order chi connectivity index (χ0) is 25.4. The summed E-state index contributed by atoms with van der Waals surface area (Å²) in [6, 6.07) is 0.730. The third-order valence-electron chi connectivity index (χ3n) is 6.66. The molecule has 1 unspecified atom stereocenters. The maximum Gasteiger partial charge on any atom is 0.421 e. The number of carbonyl (C=O) groups is 2. The van der Waals surface area contributed by atoms with Crippen LogP contribution in [0.4, 0.5) is 23.7 Å². The number of amides is 3. The summed E-state index contributed by atoms with van der Waals surface area (Å²) in [5.74, 6) is -0.290. The van der Waals surface area contributed by atoms with E-state index in [0.29, 0.717) is 69.0 Å². The smallest absolute Gasteiger partial charge is 0.421 e. The second kappa shape index (κ2) is 9.43. The van der Waals surface area contributed by atoms with E-state index in [1.54, 1.807) is 9.80 Å². The largest absolute Gasteiger partial charge is 0.481 e. The molecule has 2 aromatic heterocycles. The average Bonchev–Trinajstić information content (AvgIpc) is 3.51. The van der Waals surface area contributed by atoms with Crippen LogP contribution in [0, 0.1) is 0 Å². The van der Waals surface area contributed by atoms with Crippen molar-refractivity contribution < 1.29 is 32.2 Å². The summed E-state index contributed by atoms with van der Waals surface area (Å²) in [6.45, 7) is 1.91. The molecule has 3 amide bonds. The number of hydrogen-bond donors (Lipinski definition) is 0. The highest BCUT2D eigenvalue weighted by atomic mass is 19.4. The van der Waals surface area contributed by atoms with Gasteiger partial charge in [-0.05, 0) is 12.5 Å². The maximum absolute atomic E-state index is 13.5. The quantitative estimate of drug-likeness (QED) is 0.624. The first kappa shape index (κ1) is 24.1. The van der Waals surface area contributed by atoms with E-state index in [1.807, 2.05) is 0 Å². The molecule has 13 heteroatoms. The number of nitrogens with zero attached hydrogens (tertiary/aromatic N) is 6. The first-order valence-corrected chi connectivity index (χ1v) is 11.7. The SMILES string of the molecule is COc1ncc(N2CCc3ncnc(OC4CCN(C(=O)N5CCCC5=O)C4)c3C2)cc1C(F)(F)F. The minimum atomic E-state index is -4.61. The molecule has 2 aromatic rings. The Hall–Kier alpha value is -3.64. The molecule has 2 fully saturated rings. The summed E-state index contributed by atoms with van der Waals surface area (Å²) in [6.07, 6.45) is -0.0366. The molecule has 3 aliphatic rings. The minimum absolute atomic E-state index is 0.156. The lowest BCUT2D eigenvalue weighted by molar-refractivity contribution is -0.139. The van der Waals surface area contributed by atoms with Crippen molar-refractivity contribution in [1.29, 1.82) is 0 Å². The van der Waals surface area contributed by atoms with Crippen LogP contribution < -0.4 is 14.4 Å². The first-order chi connectivity index (χ1) is 17.2. The lowest BCUT2D eigenvalue weighted by Gasteiger charge is -2.31. The number of anilines is 1. The van der Waals surface area contributed by atoms with Gasteiger partial charge in [-0.1, -0.05) is 0 Å². The van der Waals surface area contributed by atoms with Crippen LogP contribution in [0.1, 0.15) is 36.1 Å². The van der Waals surface area contributed by atoms with E-state index >= 15 is 0 Å². The molecule has 3 aliphatic heterocycles. The monoisotopic (exact) mass is 506 g/mol. The molecule has 5 rings (SSSR count). The van der Waals surface area contributed by atoms with Gasteiger partial charge in [-0.15, -0.1) is 0 Å². The third-order valence-corrected chi connectivity index (χ3v) is 6.66. The zero-order valence-corrected chi connectivity index (χ0v) is 19.6. The summed E-state index contributed by atoms with van der Waals surface area (Å²) in [7, 11) is 1.15. The highest BCUT2D eigenvalue weighted by Crippen LogP contribution is 2.38. The Labute approximate surface area is 205 Å². The Morgan fingerprint density at radius 3 is 2.67 bits per heavy atom. The van der Waals surface area contributed by atoms with E-state index in [4.69, 9.17) is 9.47 Å². The number of urea groups is 1. The Balaban J connectivity index is 1.31. The van der Waals surface area contributed by atoms with Gasteiger partial charge in [0.2, 0.25) is 17.7 Å². The van der Waals surface area contributed by atoms with Crippen molar-refractivity contribution in [3.8, 4) is 11.8 Å².